The second-order valence-corrected chi connectivity index (χ2v) is 12.8. The lowest BCUT2D eigenvalue weighted by molar-refractivity contribution is -0.137. The Balaban J connectivity index is 1.50. The van der Waals surface area contributed by atoms with Gasteiger partial charge in [0.15, 0.2) is 5.65 Å². The van der Waals surface area contributed by atoms with Crippen LogP contribution in [0.2, 0.25) is 10.0 Å². The first kappa shape index (κ1) is 35.1. The second-order valence-electron chi connectivity index (χ2n) is 12.0. The molecular weight excluding hydrogens is 672 g/mol. The Hall–Kier alpha value is -4.24. The van der Waals surface area contributed by atoms with Crippen molar-refractivity contribution in [3.8, 4) is 11.1 Å². The molecule has 3 heterocycles. The molecule has 1 fully saturated rings. The number of urea groups is 1. The van der Waals surface area contributed by atoms with Gasteiger partial charge in [-0.2, -0.15) is 18.2 Å². The van der Waals surface area contributed by atoms with Gasteiger partial charge in [-0.1, -0.05) is 35.3 Å². The zero-order valence-electron chi connectivity index (χ0n) is 26.3. The molecule has 0 atom stereocenters. The van der Waals surface area contributed by atoms with E-state index in [0.717, 1.165) is 31.8 Å². The van der Waals surface area contributed by atoms with E-state index in [0.29, 0.717) is 31.1 Å². The summed E-state index contributed by atoms with van der Waals surface area (Å²) < 4.78 is 46.2. The molecule has 0 unspecified atom stereocenters. The van der Waals surface area contributed by atoms with E-state index >= 15 is 0 Å². The molecule has 11 nitrogen and oxygen atoms in total. The maximum absolute atomic E-state index is 13.6. The minimum Gasteiger partial charge on any atom is -0.379 e. The van der Waals surface area contributed by atoms with Crippen molar-refractivity contribution in [1.82, 2.24) is 25.2 Å². The molecule has 0 saturated carbocycles. The fourth-order valence-electron chi connectivity index (χ4n) is 4.98. The summed E-state index contributed by atoms with van der Waals surface area (Å²) in [5.41, 5.74) is -1.62. The van der Waals surface area contributed by atoms with Gasteiger partial charge < -0.3 is 20.7 Å². The number of hydrogen-bond donors (Lipinski definition) is 4. The molecule has 254 valence electrons. The molecule has 0 aliphatic carbocycles. The predicted molar refractivity (Wildman–Crippen MR) is 180 cm³/mol. The molecule has 5 rings (SSSR count). The minimum absolute atomic E-state index is 0.0145. The van der Waals surface area contributed by atoms with Gasteiger partial charge in [-0.3, -0.25) is 15.0 Å². The molecule has 0 radical (unpaired) electrons. The lowest BCUT2D eigenvalue weighted by Crippen LogP contribution is -2.43. The molecule has 0 bridgehead atoms. The SMILES string of the molecule is CC(C)(C)NC(=O)Nc1nc2nc(NCCN3CCOCC3)ncc2cc1-c1c(Cl)ccc(NC(=O)c2ccccc2C(F)(F)F)c1Cl. The topological polar surface area (TPSA) is 133 Å². The molecule has 1 saturated heterocycles. The number of carbonyl (C=O) groups excluding carboxylic acids is 2. The molecule has 1 aliphatic rings. The molecule has 3 amide bonds. The molecule has 0 spiro atoms. The van der Waals surface area contributed by atoms with E-state index in [1.807, 2.05) is 0 Å². The van der Waals surface area contributed by atoms with Crippen LogP contribution in [0.5, 0.6) is 0 Å². The van der Waals surface area contributed by atoms with Crippen LogP contribution in [0.15, 0.2) is 48.7 Å². The van der Waals surface area contributed by atoms with Crippen molar-refractivity contribution in [2.24, 2.45) is 0 Å². The fraction of sp³-hybridized carbons (Fsp3) is 0.344. The van der Waals surface area contributed by atoms with Crippen molar-refractivity contribution in [2.45, 2.75) is 32.5 Å². The highest BCUT2D eigenvalue weighted by Gasteiger charge is 2.35. The van der Waals surface area contributed by atoms with Crippen molar-refractivity contribution in [3.63, 3.8) is 0 Å². The Labute approximate surface area is 284 Å². The Bertz CT molecular complexity index is 1830. The summed E-state index contributed by atoms with van der Waals surface area (Å²) in [5, 5.41) is 11.7. The van der Waals surface area contributed by atoms with E-state index < -0.39 is 34.8 Å². The van der Waals surface area contributed by atoms with Gasteiger partial charge in [0.25, 0.3) is 5.91 Å². The number of alkyl halides is 3. The number of carbonyl (C=O) groups is 2. The standard InChI is InChI=1S/C32H33Cl2F3N8O3/c1-31(2,3)44-30(47)43-27-20(16-18-17-39-29(42-26(18)41-27)38-10-11-45-12-14-48-15-13-45)24-22(33)8-9-23(25(24)34)40-28(46)19-6-4-5-7-21(19)32(35,36)37/h4-9,16-17H,10-15H2,1-3H3,(H,40,46)(H3,38,39,41,42,43,44,47). The Morgan fingerprint density at radius 2 is 1.73 bits per heavy atom. The van der Waals surface area contributed by atoms with Crippen LogP contribution >= 0.6 is 23.2 Å². The largest absolute Gasteiger partial charge is 0.417 e. The summed E-state index contributed by atoms with van der Waals surface area (Å²) in [4.78, 5) is 41.9. The molecule has 4 N–H and O–H groups in total. The number of fused-ring (bicyclic) bond motifs is 1. The predicted octanol–water partition coefficient (Wildman–Crippen LogP) is 6.93. The normalized spacial score (nSPS) is 14.1. The van der Waals surface area contributed by atoms with Gasteiger partial charge in [0.05, 0.1) is 40.1 Å². The number of nitrogens with one attached hydrogen (secondary N) is 4. The summed E-state index contributed by atoms with van der Waals surface area (Å²) >= 11 is 13.4. The number of benzene rings is 2. The number of nitrogens with zero attached hydrogens (tertiary/aromatic N) is 4. The van der Waals surface area contributed by atoms with Crippen molar-refractivity contribution in [2.75, 3.05) is 55.3 Å². The molecule has 48 heavy (non-hydrogen) atoms. The van der Waals surface area contributed by atoms with Crippen LogP contribution < -0.4 is 21.3 Å². The number of aromatic nitrogens is 3. The van der Waals surface area contributed by atoms with Gasteiger partial charge in [0, 0.05) is 54.4 Å². The number of morpholine rings is 1. The fourth-order valence-corrected chi connectivity index (χ4v) is 5.60. The Morgan fingerprint density at radius 1 is 1.00 bits per heavy atom. The van der Waals surface area contributed by atoms with Gasteiger partial charge in [0.1, 0.15) is 5.82 Å². The molecule has 4 aromatic rings. The number of halogens is 5. The maximum atomic E-state index is 13.6. The first-order valence-electron chi connectivity index (χ1n) is 15.0. The van der Waals surface area contributed by atoms with Crippen LogP contribution in [0.1, 0.15) is 36.7 Å². The van der Waals surface area contributed by atoms with Crippen molar-refractivity contribution in [3.05, 3.63) is 69.8 Å². The van der Waals surface area contributed by atoms with Gasteiger partial charge >= 0.3 is 12.2 Å². The summed E-state index contributed by atoms with van der Waals surface area (Å²) in [5.74, 6) is -0.655. The number of pyridine rings is 1. The van der Waals surface area contributed by atoms with E-state index in [2.05, 4.69) is 41.1 Å². The van der Waals surface area contributed by atoms with Crippen LogP contribution in [-0.4, -0.2) is 76.7 Å². The van der Waals surface area contributed by atoms with Crippen molar-refractivity contribution in [1.29, 1.82) is 0 Å². The van der Waals surface area contributed by atoms with E-state index in [4.69, 9.17) is 27.9 Å². The van der Waals surface area contributed by atoms with Gasteiger partial charge in [-0.05, 0) is 51.1 Å². The van der Waals surface area contributed by atoms with Crippen molar-refractivity contribution < 1.29 is 27.5 Å². The Morgan fingerprint density at radius 3 is 2.44 bits per heavy atom. The first-order valence-corrected chi connectivity index (χ1v) is 15.7. The molecule has 2 aromatic heterocycles. The minimum atomic E-state index is -4.76. The monoisotopic (exact) mass is 704 g/mol. The quantitative estimate of drug-likeness (QED) is 0.155. The lowest BCUT2D eigenvalue weighted by atomic mass is 10.0. The highest BCUT2D eigenvalue weighted by atomic mass is 35.5. The summed E-state index contributed by atoms with van der Waals surface area (Å²) in [7, 11) is 0. The van der Waals surface area contributed by atoms with Crippen LogP contribution in [0, 0.1) is 0 Å². The van der Waals surface area contributed by atoms with E-state index in [-0.39, 0.29) is 38.3 Å². The zero-order valence-corrected chi connectivity index (χ0v) is 27.8. The number of ether oxygens (including phenoxy) is 1. The van der Waals surface area contributed by atoms with Gasteiger partial charge in [0.2, 0.25) is 5.95 Å². The highest BCUT2D eigenvalue weighted by molar-refractivity contribution is 6.41. The van der Waals surface area contributed by atoms with Crippen LogP contribution in [0.4, 0.5) is 35.4 Å². The van der Waals surface area contributed by atoms with Crippen LogP contribution in [0.25, 0.3) is 22.2 Å². The number of hydrogen-bond acceptors (Lipinski definition) is 8. The van der Waals surface area contributed by atoms with E-state index in [9.17, 15) is 22.8 Å². The van der Waals surface area contributed by atoms with Crippen molar-refractivity contribution >= 4 is 63.6 Å². The molecule has 2 aromatic carbocycles. The van der Waals surface area contributed by atoms with Gasteiger partial charge in [-0.15, -0.1) is 0 Å². The summed E-state index contributed by atoms with van der Waals surface area (Å²) in [6.45, 7) is 9.82. The molecular formula is C32H33Cl2F3N8O3. The third-order valence-electron chi connectivity index (χ3n) is 7.19. The maximum Gasteiger partial charge on any atom is 0.417 e. The number of rotatable bonds is 8. The third kappa shape index (κ3) is 8.61. The van der Waals surface area contributed by atoms with E-state index in [1.165, 1.54) is 24.3 Å². The smallest absolute Gasteiger partial charge is 0.379 e. The summed E-state index contributed by atoms with van der Waals surface area (Å²) in [6, 6.07) is 8.25. The highest BCUT2D eigenvalue weighted by Crippen LogP contribution is 2.43. The second kappa shape index (κ2) is 14.5. The zero-order chi connectivity index (χ0) is 34.6. The third-order valence-corrected chi connectivity index (χ3v) is 7.90. The first-order chi connectivity index (χ1) is 22.7. The van der Waals surface area contributed by atoms with Crippen LogP contribution in [0.3, 0.4) is 0 Å². The Kier molecular flexibility index (Phi) is 10.6. The number of anilines is 3. The van der Waals surface area contributed by atoms with E-state index in [1.54, 1.807) is 33.0 Å². The average Bonchev–Trinajstić information content (AvgIpc) is 3.02. The number of amides is 3. The average molecular weight is 706 g/mol. The molecule has 16 heteroatoms. The van der Waals surface area contributed by atoms with Crippen LogP contribution in [-0.2, 0) is 10.9 Å². The van der Waals surface area contributed by atoms with Gasteiger partial charge in [-0.25, -0.2) is 14.8 Å². The molecule has 1 aliphatic heterocycles. The summed E-state index contributed by atoms with van der Waals surface area (Å²) in [6.07, 6.45) is -3.20. The lowest BCUT2D eigenvalue weighted by Gasteiger charge is -2.26.